The second-order valence-electron chi connectivity index (χ2n) is 5.71. The van der Waals surface area contributed by atoms with Crippen LogP contribution in [-0.4, -0.2) is 15.8 Å². The number of aromatic nitrogens is 1. The van der Waals surface area contributed by atoms with E-state index < -0.39 is 0 Å². The zero-order valence-electron chi connectivity index (χ0n) is 12.4. The van der Waals surface area contributed by atoms with Gasteiger partial charge in [0.15, 0.2) is 5.82 Å². The highest BCUT2D eigenvalue weighted by molar-refractivity contribution is 7.15. The lowest BCUT2D eigenvalue weighted by molar-refractivity contribution is 0.397. The van der Waals surface area contributed by atoms with Crippen molar-refractivity contribution in [2.45, 2.75) is 13.1 Å². The van der Waals surface area contributed by atoms with Gasteiger partial charge < -0.3 is 10.2 Å². The van der Waals surface area contributed by atoms with E-state index >= 15 is 0 Å². The van der Waals surface area contributed by atoms with Gasteiger partial charge in [-0.1, -0.05) is 48.5 Å². The molecular formula is C18H14N4S. The standard InChI is InChI=1S/C18H14N4S/c1-2-6-12(7-3-1)17-20-16-15(23-17)11-22-10-13-8-4-5-9-14(13)19-18(22)21-16/h1-9H,10-11H2,(H,19,21). The minimum atomic E-state index is 0.854. The Morgan fingerprint density at radius 2 is 1.78 bits per heavy atom. The minimum Gasteiger partial charge on any atom is -0.333 e. The van der Waals surface area contributed by atoms with E-state index in [9.17, 15) is 0 Å². The summed E-state index contributed by atoms with van der Waals surface area (Å²) in [6.45, 7) is 1.75. The van der Waals surface area contributed by atoms with Crippen LogP contribution < -0.4 is 5.32 Å². The lowest BCUT2D eigenvalue weighted by Gasteiger charge is -2.34. The van der Waals surface area contributed by atoms with Crippen LogP contribution in [0.25, 0.3) is 10.6 Å². The van der Waals surface area contributed by atoms with Crippen molar-refractivity contribution in [3.05, 3.63) is 65.0 Å². The average molecular weight is 318 g/mol. The summed E-state index contributed by atoms with van der Waals surface area (Å²) in [6.07, 6.45) is 0. The first-order chi connectivity index (χ1) is 11.4. The molecular weight excluding hydrogens is 304 g/mol. The third-order valence-corrected chi connectivity index (χ3v) is 5.25. The topological polar surface area (TPSA) is 40.5 Å². The Hall–Kier alpha value is -2.66. The number of aliphatic imine (C=N–C) groups is 1. The molecule has 4 nitrogen and oxygen atoms in total. The Balaban J connectivity index is 1.54. The van der Waals surface area contributed by atoms with Gasteiger partial charge in [0, 0.05) is 17.8 Å². The largest absolute Gasteiger partial charge is 0.333 e. The molecule has 0 unspecified atom stereocenters. The highest BCUT2D eigenvalue weighted by Gasteiger charge is 2.27. The normalized spacial score (nSPS) is 15.1. The van der Waals surface area contributed by atoms with Crippen molar-refractivity contribution in [1.29, 1.82) is 0 Å². The second-order valence-corrected chi connectivity index (χ2v) is 6.79. The molecule has 3 aromatic rings. The van der Waals surface area contributed by atoms with Gasteiger partial charge in [-0.05, 0) is 11.6 Å². The van der Waals surface area contributed by atoms with E-state index in [4.69, 9.17) is 9.98 Å². The number of thiazole rings is 1. The van der Waals surface area contributed by atoms with E-state index in [1.165, 1.54) is 10.4 Å². The number of hydrogen-bond donors (Lipinski definition) is 1. The number of rotatable bonds is 1. The van der Waals surface area contributed by atoms with Crippen molar-refractivity contribution < 1.29 is 0 Å². The summed E-state index contributed by atoms with van der Waals surface area (Å²) < 4.78 is 0. The molecule has 1 aromatic heterocycles. The average Bonchev–Trinajstić information content (AvgIpc) is 3.01. The number of fused-ring (bicyclic) bond motifs is 3. The van der Waals surface area contributed by atoms with E-state index in [-0.39, 0.29) is 0 Å². The molecule has 0 saturated heterocycles. The van der Waals surface area contributed by atoms with Crippen LogP contribution in [-0.2, 0) is 13.1 Å². The Morgan fingerprint density at radius 1 is 0.957 bits per heavy atom. The number of anilines is 1. The molecule has 0 radical (unpaired) electrons. The summed E-state index contributed by atoms with van der Waals surface area (Å²) in [7, 11) is 0. The van der Waals surface area contributed by atoms with E-state index in [2.05, 4.69) is 40.5 Å². The van der Waals surface area contributed by atoms with Crippen molar-refractivity contribution in [3.8, 4) is 10.6 Å². The van der Waals surface area contributed by atoms with E-state index in [0.717, 1.165) is 41.1 Å². The monoisotopic (exact) mass is 318 g/mol. The fourth-order valence-electron chi connectivity index (χ4n) is 3.00. The molecule has 1 N–H and O–H groups in total. The summed E-state index contributed by atoms with van der Waals surface area (Å²) in [5, 5.41) is 4.47. The van der Waals surface area contributed by atoms with Gasteiger partial charge in [0.1, 0.15) is 5.01 Å². The van der Waals surface area contributed by atoms with Crippen LogP contribution in [0.3, 0.4) is 0 Å². The van der Waals surface area contributed by atoms with Gasteiger partial charge in [-0.3, -0.25) is 0 Å². The van der Waals surface area contributed by atoms with Crippen molar-refractivity contribution in [2.75, 3.05) is 5.32 Å². The SMILES string of the molecule is c1ccc(-c2nc3c(s2)CN2Cc4ccccc4NC2=N3)cc1. The van der Waals surface area contributed by atoms with E-state index in [0.29, 0.717) is 0 Å². The van der Waals surface area contributed by atoms with Crippen LogP contribution in [0.1, 0.15) is 10.4 Å². The van der Waals surface area contributed by atoms with Gasteiger partial charge in [-0.25, -0.2) is 4.98 Å². The molecule has 2 aliphatic heterocycles. The summed E-state index contributed by atoms with van der Waals surface area (Å²) >= 11 is 1.74. The third-order valence-electron chi connectivity index (χ3n) is 4.17. The molecule has 2 aliphatic rings. The molecule has 0 atom stereocenters. The Morgan fingerprint density at radius 3 is 2.70 bits per heavy atom. The third kappa shape index (κ3) is 2.12. The quantitative estimate of drug-likeness (QED) is 0.729. The fraction of sp³-hybridized carbons (Fsp3) is 0.111. The zero-order valence-corrected chi connectivity index (χ0v) is 13.2. The molecule has 0 saturated carbocycles. The smallest absolute Gasteiger partial charge is 0.205 e. The second kappa shape index (κ2) is 4.93. The first-order valence-electron chi connectivity index (χ1n) is 7.60. The van der Waals surface area contributed by atoms with Crippen molar-refractivity contribution in [2.24, 2.45) is 4.99 Å². The van der Waals surface area contributed by atoms with Crippen LogP contribution in [0.5, 0.6) is 0 Å². The van der Waals surface area contributed by atoms with Gasteiger partial charge in [0.25, 0.3) is 0 Å². The van der Waals surface area contributed by atoms with Gasteiger partial charge >= 0.3 is 0 Å². The highest BCUT2D eigenvalue weighted by atomic mass is 32.1. The lowest BCUT2D eigenvalue weighted by atomic mass is 10.1. The Bertz CT molecular complexity index is 914. The van der Waals surface area contributed by atoms with Crippen molar-refractivity contribution >= 4 is 28.8 Å². The maximum Gasteiger partial charge on any atom is 0.205 e. The number of nitrogens with zero attached hydrogens (tertiary/aromatic N) is 3. The van der Waals surface area contributed by atoms with E-state index in [1.54, 1.807) is 11.3 Å². The van der Waals surface area contributed by atoms with E-state index in [1.807, 2.05) is 24.3 Å². The predicted octanol–water partition coefficient (Wildman–Crippen LogP) is 4.24. The Labute approximate surface area is 138 Å². The molecule has 23 heavy (non-hydrogen) atoms. The first kappa shape index (κ1) is 12.8. The summed E-state index contributed by atoms with van der Waals surface area (Å²) in [5.41, 5.74) is 3.61. The summed E-state index contributed by atoms with van der Waals surface area (Å²) in [5.74, 6) is 1.76. The molecule has 0 spiro atoms. The molecule has 0 fully saturated rings. The maximum atomic E-state index is 4.74. The van der Waals surface area contributed by atoms with Crippen molar-refractivity contribution in [1.82, 2.24) is 9.88 Å². The minimum absolute atomic E-state index is 0.854. The van der Waals surface area contributed by atoms with Gasteiger partial charge in [-0.2, -0.15) is 4.99 Å². The number of hydrogen-bond acceptors (Lipinski definition) is 5. The fourth-order valence-corrected chi connectivity index (χ4v) is 4.02. The molecule has 112 valence electrons. The van der Waals surface area contributed by atoms with Crippen LogP contribution in [0, 0.1) is 0 Å². The molecule has 0 aliphatic carbocycles. The molecule has 5 rings (SSSR count). The summed E-state index contributed by atoms with van der Waals surface area (Å²) in [6, 6.07) is 18.7. The predicted molar refractivity (Wildman–Crippen MR) is 94.0 cm³/mol. The summed E-state index contributed by atoms with van der Waals surface area (Å²) in [4.78, 5) is 13.0. The zero-order chi connectivity index (χ0) is 15.2. The number of guanidine groups is 1. The molecule has 5 heteroatoms. The van der Waals surface area contributed by atoms with Crippen molar-refractivity contribution in [3.63, 3.8) is 0 Å². The van der Waals surface area contributed by atoms with Crippen LogP contribution in [0.4, 0.5) is 11.5 Å². The molecule has 3 heterocycles. The number of para-hydroxylation sites is 1. The number of benzene rings is 2. The molecule has 2 aromatic carbocycles. The Kier molecular flexibility index (Phi) is 2.75. The van der Waals surface area contributed by atoms with Gasteiger partial charge in [0.05, 0.1) is 11.4 Å². The van der Waals surface area contributed by atoms with Gasteiger partial charge in [-0.15, -0.1) is 11.3 Å². The lowest BCUT2D eigenvalue weighted by Crippen LogP contribution is -2.40. The highest BCUT2D eigenvalue weighted by Crippen LogP contribution is 2.38. The van der Waals surface area contributed by atoms with Crippen LogP contribution in [0.15, 0.2) is 59.6 Å². The first-order valence-corrected chi connectivity index (χ1v) is 8.42. The van der Waals surface area contributed by atoms with Gasteiger partial charge in [0.2, 0.25) is 5.96 Å². The molecule has 0 bridgehead atoms. The maximum absolute atomic E-state index is 4.74. The number of nitrogens with one attached hydrogen (secondary N) is 1. The van der Waals surface area contributed by atoms with Crippen LogP contribution in [0.2, 0.25) is 0 Å². The molecule has 0 amide bonds. The van der Waals surface area contributed by atoms with Crippen LogP contribution >= 0.6 is 11.3 Å².